The molecule has 0 fully saturated rings. The summed E-state index contributed by atoms with van der Waals surface area (Å²) in [5, 5.41) is 10.1. The number of aliphatic hydroxyl groups excluding tert-OH is 1. The van der Waals surface area contributed by atoms with Crippen LogP contribution in [0.1, 0.15) is 31.1 Å². The second-order valence-electron chi connectivity index (χ2n) is 5.82. The number of rotatable bonds is 7. The largest absolute Gasteiger partial charge is 0.481 e. The van der Waals surface area contributed by atoms with E-state index in [4.69, 9.17) is 10.5 Å². The number of benzene rings is 1. The maximum Gasteiger partial charge on any atom is 0.213 e. The van der Waals surface area contributed by atoms with Crippen molar-refractivity contribution in [2.24, 2.45) is 10.7 Å². The molecule has 2 aromatic rings. The third-order valence-electron chi connectivity index (χ3n) is 3.93. The number of aliphatic hydroxyl groups is 1. The Bertz CT molecular complexity index is 817. The molecule has 0 aliphatic heterocycles. The molecule has 6 heteroatoms. The number of ether oxygens (including phenoxy) is 1. The van der Waals surface area contributed by atoms with Crippen LogP contribution >= 0.6 is 0 Å². The van der Waals surface area contributed by atoms with Crippen molar-refractivity contribution in [2.45, 2.75) is 26.4 Å². The van der Waals surface area contributed by atoms with Gasteiger partial charge < -0.3 is 15.6 Å². The van der Waals surface area contributed by atoms with Crippen molar-refractivity contribution in [2.75, 3.05) is 13.7 Å². The maximum absolute atomic E-state index is 13.7. The lowest BCUT2D eigenvalue weighted by atomic mass is 9.94. The summed E-state index contributed by atoms with van der Waals surface area (Å²) in [6, 6.07) is 7.94. The van der Waals surface area contributed by atoms with Gasteiger partial charge in [-0.3, -0.25) is 4.99 Å². The van der Waals surface area contributed by atoms with E-state index in [2.05, 4.69) is 9.98 Å². The van der Waals surface area contributed by atoms with Crippen molar-refractivity contribution >= 4 is 6.21 Å². The van der Waals surface area contributed by atoms with Crippen molar-refractivity contribution in [3.05, 3.63) is 59.0 Å². The SMILES string of the molecule is CCN=CC(=CN)Cc1ccc(OC)nc1-c1ccc(F)cc1[C@@H](C)O. The summed E-state index contributed by atoms with van der Waals surface area (Å²) in [6.07, 6.45) is 2.90. The Morgan fingerprint density at radius 2 is 2.15 bits per heavy atom. The number of pyridine rings is 1. The number of nitrogens with two attached hydrogens (primary N) is 1. The topological polar surface area (TPSA) is 80.7 Å². The summed E-state index contributed by atoms with van der Waals surface area (Å²) < 4.78 is 18.9. The van der Waals surface area contributed by atoms with Crippen molar-refractivity contribution < 1.29 is 14.2 Å². The number of aromatic nitrogens is 1. The fourth-order valence-corrected chi connectivity index (χ4v) is 2.63. The number of methoxy groups -OCH3 is 1. The summed E-state index contributed by atoms with van der Waals surface area (Å²) >= 11 is 0. The summed E-state index contributed by atoms with van der Waals surface area (Å²) in [5.41, 5.74) is 9.16. The Hall–Kier alpha value is -2.73. The average molecular weight is 357 g/mol. The number of hydrogen-bond donors (Lipinski definition) is 2. The van der Waals surface area contributed by atoms with Crippen molar-refractivity contribution in [1.29, 1.82) is 0 Å². The highest BCUT2D eigenvalue weighted by Gasteiger charge is 2.17. The molecule has 0 bridgehead atoms. The Morgan fingerprint density at radius 1 is 1.38 bits per heavy atom. The number of nitrogens with zero attached hydrogens (tertiary/aromatic N) is 2. The van der Waals surface area contributed by atoms with Gasteiger partial charge in [-0.25, -0.2) is 9.37 Å². The minimum absolute atomic E-state index is 0.410. The van der Waals surface area contributed by atoms with Crippen LogP contribution in [0.5, 0.6) is 5.88 Å². The van der Waals surface area contributed by atoms with Gasteiger partial charge in [-0.2, -0.15) is 0 Å². The van der Waals surface area contributed by atoms with Gasteiger partial charge in [0.05, 0.1) is 18.9 Å². The molecular formula is C20H24FN3O2. The van der Waals surface area contributed by atoms with E-state index in [1.165, 1.54) is 25.4 Å². The van der Waals surface area contributed by atoms with E-state index in [-0.39, 0.29) is 0 Å². The molecule has 0 unspecified atom stereocenters. The molecule has 3 N–H and O–H groups in total. The first-order valence-corrected chi connectivity index (χ1v) is 8.42. The van der Waals surface area contributed by atoms with Crippen LogP contribution in [-0.2, 0) is 6.42 Å². The lowest BCUT2D eigenvalue weighted by Crippen LogP contribution is -2.04. The third kappa shape index (κ3) is 4.67. The molecule has 0 spiro atoms. The number of halogens is 1. The first-order chi connectivity index (χ1) is 12.5. The van der Waals surface area contributed by atoms with E-state index in [0.29, 0.717) is 35.7 Å². The van der Waals surface area contributed by atoms with Crippen LogP contribution in [0.4, 0.5) is 4.39 Å². The molecule has 0 saturated heterocycles. The van der Waals surface area contributed by atoms with E-state index >= 15 is 0 Å². The summed E-state index contributed by atoms with van der Waals surface area (Å²) in [4.78, 5) is 8.76. The van der Waals surface area contributed by atoms with Gasteiger partial charge in [0.15, 0.2) is 0 Å². The number of allylic oxidation sites excluding steroid dienone is 1. The lowest BCUT2D eigenvalue weighted by Gasteiger charge is -2.16. The second-order valence-corrected chi connectivity index (χ2v) is 5.82. The monoisotopic (exact) mass is 357 g/mol. The first kappa shape index (κ1) is 19.6. The van der Waals surface area contributed by atoms with Gasteiger partial charge in [0.25, 0.3) is 0 Å². The van der Waals surface area contributed by atoms with Gasteiger partial charge >= 0.3 is 0 Å². The van der Waals surface area contributed by atoms with Crippen LogP contribution in [0.25, 0.3) is 11.3 Å². The normalized spacial score (nSPS) is 13.2. The molecule has 0 saturated carbocycles. The van der Waals surface area contributed by atoms with Gasteiger partial charge in [-0.05, 0) is 54.9 Å². The molecule has 26 heavy (non-hydrogen) atoms. The van der Waals surface area contributed by atoms with Crippen molar-refractivity contribution in [1.82, 2.24) is 4.98 Å². The quantitative estimate of drug-likeness (QED) is 0.744. The molecule has 138 valence electrons. The van der Waals surface area contributed by atoms with E-state index in [0.717, 1.165) is 11.1 Å². The Labute approximate surface area is 153 Å². The minimum atomic E-state index is -0.840. The molecule has 1 heterocycles. The van der Waals surface area contributed by atoms with Crippen molar-refractivity contribution in [3.63, 3.8) is 0 Å². The van der Waals surface area contributed by atoms with E-state index in [1.807, 2.05) is 13.0 Å². The molecule has 1 atom stereocenters. The zero-order chi connectivity index (χ0) is 19.1. The zero-order valence-electron chi connectivity index (χ0n) is 15.2. The molecule has 0 radical (unpaired) electrons. The van der Waals surface area contributed by atoms with Crippen LogP contribution in [-0.4, -0.2) is 30.0 Å². The standard InChI is InChI=1S/C20H24FN3O2/c1-4-23-12-14(11-22)9-15-5-8-19(26-3)24-20(15)17-7-6-16(21)10-18(17)13(2)25/h5-8,10-13,25H,4,9,22H2,1-3H3/t13-/m1/s1. The van der Waals surface area contributed by atoms with Crippen LogP contribution < -0.4 is 10.5 Å². The molecule has 0 aliphatic carbocycles. The molecule has 1 aromatic heterocycles. The molecule has 1 aromatic carbocycles. The molecular weight excluding hydrogens is 333 g/mol. The van der Waals surface area contributed by atoms with Gasteiger partial charge in [-0.15, -0.1) is 0 Å². The first-order valence-electron chi connectivity index (χ1n) is 8.42. The van der Waals surface area contributed by atoms with Gasteiger partial charge in [0.2, 0.25) is 5.88 Å². The molecule has 0 aliphatic rings. The fourth-order valence-electron chi connectivity index (χ4n) is 2.63. The molecule has 2 rings (SSSR count). The number of aliphatic imine (C=N–C) groups is 1. The summed E-state index contributed by atoms with van der Waals surface area (Å²) in [5.74, 6) is 0.0249. The molecule has 0 amide bonds. The summed E-state index contributed by atoms with van der Waals surface area (Å²) in [7, 11) is 1.53. The van der Waals surface area contributed by atoms with Crippen LogP contribution in [0.15, 0.2) is 47.1 Å². The van der Waals surface area contributed by atoms with Crippen molar-refractivity contribution in [3.8, 4) is 17.1 Å². The minimum Gasteiger partial charge on any atom is -0.481 e. The Balaban J connectivity index is 2.59. The Kier molecular flexibility index (Phi) is 6.86. The zero-order valence-corrected chi connectivity index (χ0v) is 15.2. The summed E-state index contributed by atoms with van der Waals surface area (Å²) in [6.45, 7) is 4.20. The predicted molar refractivity (Wildman–Crippen MR) is 102 cm³/mol. The highest BCUT2D eigenvalue weighted by atomic mass is 19.1. The van der Waals surface area contributed by atoms with Gasteiger partial charge in [-0.1, -0.05) is 6.07 Å². The van der Waals surface area contributed by atoms with Gasteiger partial charge in [0, 0.05) is 30.8 Å². The average Bonchev–Trinajstić information content (AvgIpc) is 2.65. The van der Waals surface area contributed by atoms with E-state index in [1.54, 1.807) is 25.3 Å². The fraction of sp³-hybridized carbons (Fsp3) is 0.300. The van der Waals surface area contributed by atoms with Crippen LogP contribution in [0, 0.1) is 5.82 Å². The third-order valence-corrected chi connectivity index (χ3v) is 3.93. The van der Waals surface area contributed by atoms with E-state index in [9.17, 15) is 9.50 Å². The highest BCUT2D eigenvalue weighted by Crippen LogP contribution is 2.32. The predicted octanol–water partition coefficient (Wildman–Crippen LogP) is 3.43. The maximum atomic E-state index is 13.7. The van der Waals surface area contributed by atoms with Gasteiger partial charge in [0.1, 0.15) is 5.82 Å². The smallest absolute Gasteiger partial charge is 0.213 e. The van der Waals surface area contributed by atoms with Crippen LogP contribution in [0.2, 0.25) is 0 Å². The highest BCUT2D eigenvalue weighted by molar-refractivity contribution is 5.80. The van der Waals surface area contributed by atoms with Crippen LogP contribution in [0.3, 0.4) is 0 Å². The second kappa shape index (κ2) is 9.10. The molecule has 5 nitrogen and oxygen atoms in total. The van der Waals surface area contributed by atoms with E-state index < -0.39 is 11.9 Å². The number of hydrogen-bond acceptors (Lipinski definition) is 5. The Morgan fingerprint density at radius 3 is 2.77 bits per heavy atom. The lowest BCUT2D eigenvalue weighted by molar-refractivity contribution is 0.199.